The van der Waals surface area contributed by atoms with Gasteiger partial charge in [0.25, 0.3) is 0 Å². The zero-order valence-electron chi connectivity index (χ0n) is 8.97. The molecule has 1 aromatic heterocycles. The lowest BCUT2D eigenvalue weighted by molar-refractivity contribution is 0.415. The molecule has 0 atom stereocenters. The van der Waals surface area contributed by atoms with E-state index in [1.54, 1.807) is 19.5 Å². The lowest BCUT2D eigenvalue weighted by Gasteiger charge is -2.08. The van der Waals surface area contributed by atoms with Gasteiger partial charge in [0.15, 0.2) is 0 Å². The van der Waals surface area contributed by atoms with E-state index in [1.165, 1.54) is 0 Å². The van der Waals surface area contributed by atoms with Crippen LogP contribution in [0.5, 0.6) is 5.75 Å². The Morgan fingerprint density at radius 2 is 2.00 bits per heavy atom. The van der Waals surface area contributed by atoms with Gasteiger partial charge in [-0.1, -0.05) is 12.1 Å². The first-order valence-corrected chi connectivity index (χ1v) is 4.85. The van der Waals surface area contributed by atoms with Gasteiger partial charge in [0, 0.05) is 11.8 Å². The maximum absolute atomic E-state index is 5.90. The lowest BCUT2D eigenvalue weighted by Crippen LogP contribution is -1.98. The van der Waals surface area contributed by atoms with Crippen molar-refractivity contribution in [1.29, 1.82) is 0 Å². The number of hydrogen-bond acceptors (Lipinski definition) is 4. The van der Waals surface area contributed by atoms with E-state index in [-0.39, 0.29) is 0 Å². The average Bonchev–Trinajstić information content (AvgIpc) is 2.33. The molecule has 4 heteroatoms. The highest BCUT2D eigenvalue weighted by molar-refractivity contribution is 5.83. The largest absolute Gasteiger partial charge is 0.497 e. The van der Waals surface area contributed by atoms with E-state index < -0.39 is 0 Å². The molecule has 0 bridgehead atoms. The van der Waals surface area contributed by atoms with Gasteiger partial charge in [0.2, 0.25) is 0 Å². The Morgan fingerprint density at radius 3 is 2.75 bits per heavy atom. The Bertz CT molecular complexity index is 511. The van der Waals surface area contributed by atoms with Crippen LogP contribution in [0.4, 0.5) is 11.4 Å². The van der Waals surface area contributed by atoms with Crippen molar-refractivity contribution < 1.29 is 4.74 Å². The van der Waals surface area contributed by atoms with Crippen molar-refractivity contribution in [1.82, 2.24) is 4.98 Å². The van der Waals surface area contributed by atoms with Crippen LogP contribution < -0.4 is 16.2 Å². The monoisotopic (exact) mass is 215 g/mol. The fraction of sp³-hybridized carbons (Fsp3) is 0.0833. The second-order valence-electron chi connectivity index (χ2n) is 3.42. The molecule has 2 rings (SSSR count). The highest BCUT2D eigenvalue weighted by Crippen LogP contribution is 2.30. The Labute approximate surface area is 93.9 Å². The molecule has 0 spiro atoms. The van der Waals surface area contributed by atoms with E-state index >= 15 is 0 Å². The van der Waals surface area contributed by atoms with Crippen molar-refractivity contribution in [3.8, 4) is 16.9 Å². The topological polar surface area (TPSA) is 74.2 Å². The van der Waals surface area contributed by atoms with Crippen LogP contribution in [0.2, 0.25) is 0 Å². The fourth-order valence-electron chi connectivity index (χ4n) is 1.51. The van der Waals surface area contributed by atoms with Crippen LogP contribution in [0.25, 0.3) is 11.1 Å². The Hall–Kier alpha value is -2.23. The molecule has 0 aliphatic rings. The molecule has 1 aromatic carbocycles. The lowest BCUT2D eigenvalue weighted by atomic mass is 10.1. The first-order chi connectivity index (χ1) is 7.72. The summed E-state index contributed by atoms with van der Waals surface area (Å²) in [7, 11) is 1.63. The fourth-order valence-corrected chi connectivity index (χ4v) is 1.51. The molecule has 1 heterocycles. The van der Waals surface area contributed by atoms with Crippen LogP contribution in [0, 0.1) is 0 Å². The SMILES string of the molecule is COc1cccc(-c2cncc(N)c2N)c1. The number of rotatable bonds is 2. The summed E-state index contributed by atoms with van der Waals surface area (Å²) in [6, 6.07) is 7.61. The molecule has 82 valence electrons. The van der Waals surface area contributed by atoms with Gasteiger partial charge in [-0.15, -0.1) is 0 Å². The standard InChI is InChI=1S/C12H13N3O/c1-16-9-4-2-3-8(5-9)10-6-15-7-11(13)12(10)14/h2-7H,13H2,1H3,(H2,14,15). The molecule has 2 aromatic rings. The van der Waals surface area contributed by atoms with Crippen LogP contribution in [0.3, 0.4) is 0 Å². The molecule has 0 aliphatic heterocycles. The predicted octanol–water partition coefficient (Wildman–Crippen LogP) is 1.92. The van der Waals surface area contributed by atoms with Gasteiger partial charge in [-0.3, -0.25) is 4.98 Å². The van der Waals surface area contributed by atoms with Gasteiger partial charge in [-0.2, -0.15) is 0 Å². The number of methoxy groups -OCH3 is 1. The molecule has 0 amide bonds. The number of nitrogens with zero attached hydrogens (tertiary/aromatic N) is 1. The van der Waals surface area contributed by atoms with Crippen LogP contribution in [-0.4, -0.2) is 12.1 Å². The second kappa shape index (κ2) is 4.10. The van der Waals surface area contributed by atoms with Crippen molar-refractivity contribution in [2.75, 3.05) is 18.6 Å². The number of anilines is 2. The van der Waals surface area contributed by atoms with Crippen molar-refractivity contribution in [3.63, 3.8) is 0 Å². The van der Waals surface area contributed by atoms with Crippen LogP contribution in [0.1, 0.15) is 0 Å². The van der Waals surface area contributed by atoms with E-state index in [0.29, 0.717) is 11.4 Å². The predicted molar refractivity (Wildman–Crippen MR) is 65.0 cm³/mol. The molecular formula is C12H13N3O. The summed E-state index contributed by atoms with van der Waals surface area (Å²) in [6.07, 6.45) is 3.24. The summed E-state index contributed by atoms with van der Waals surface area (Å²) in [4.78, 5) is 4.03. The molecule has 4 N–H and O–H groups in total. The summed E-state index contributed by atoms with van der Waals surface area (Å²) in [5.41, 5.74) is 14.4. The van der Waals surface area contributed by atoms with E-state index in [4.69, 9.17) is 16.2 Å². The van der Waals surface area contributed by atoms with Crippen LogP contribution >= 0.6 is 0 Å². The highest BCUT2D eigenvalue weighted by Gasteiger charge is 2.06. The quantitative estimate of drug-likeness (QED) is 0.802. The molecule has 0 fully saturated rings. The normalized spacial score (nSPS) is 10.1. The molecule has 16 heavy (non-hydrogen) atoms. The maximum atomic E-state index is 5.90. The van der Waals surface area contributed by atoms with Crippen molar-refractivity contribution in [3.05, 3.63) is 36.7 Å². The summed E-state index contributed by atoms with van der Waals surface area (Å²) < 4.78 is 5.15. The highest BCUT2D eigenvalue weighted by atomic mass is 16.5. The number of nitrogens with two attached hydrogens (primary N) is 2. The van der Waals surface area contributed by atoms with Crippen molar-refractivity contribution in [2.24, 2.45) is 0 Å². The summed E-state index contributed by atoms with van der Waals surface area (Å²) in [6.45, 7) is 0. The van der Waals surface area contributed by atoms with Gasteiger partial charge in [0.1, 0.15) is 5.75 Å². The van der Waals surface area contributed by atoms with E-state index in [0.717, 1.165) is 16.9 Å². The summed E-state index contributed by atoms with van der Waals surface area (Å²) in [5.74, 6) is 0.777. The van der Waals surface area contributed by atoms with Gasteiger partial charge in [0.05, 0.1) is 24.7 Å². The smallest absolute Gasteiger partial charge is 0.119 e. The molecule has 0 saturated carbocycles. The third-order valence-corrected chi connectivity index (χ3v) is 2.40. The number of hydrogen-bond donors (Lipinski definition) is 2. The zero-order chi connectivity index (χ0) is 11.5. The van der Waals surface area contributed by atoms with Crippen molar-refractivity contribution in [2.45, 2.75) is 0 Å². The minimum atomic E-state index is 0.486. The Morgan fingerprint density at radius 1 is 1.19 bits per heavy atom. The van der Waals surface area contributed by atoms with Crippen LogP contribution in [0.15, 0.2) is 36.7 Å². The number of benzene rings is 1. The van der Waals surface area contributed by atoms with E-state index in [1.807, 2.05) is 24.3 Å². The van der Waals surface area contributed by atoms with Crippen LogP contribution in [-0.2, 0) is 0 Å². The molecule has 4 nitrogen and oxygen atoms in total. The molecule has 0 saturated heterocycles. The number of nitrogen functional groups attached to an aromatic ring is 2. The van der Waals surface area contributed by atoms with Gasteiger partial charge in [-0.05, 0) is 17.7 Å². The zero-order valence-corrected chi connectivity index (χ0v) is 8.97. The maximum Gasteiger partial charge on any atom is 0.119 e. The number of aromatic nitrogens is 1. The minimum Gasteiger partial charge on any atom is -0.497 e. The Kier molecular flexibility index (Phi) is 2.64. The first-order valence-electron chi connectivity index (χ1n) is 4.85. The third-order valence-electron chi connectivity index (χ3n) is 2.40. The summed E-state index contributed by atoms with van der Waals surface area (Å²) >= 11 is 0. The Balaban J connectivity index is 2.54. The van der Waals surface area contributed by atoms with Gasteiger partial charge < -0.3 is 16.2 Å². The van der Waals surface area contributed by atoms with Crippen molar-refractivity contribution >= 4 is 11.4 Å². The molecule has 0 aliphatic carbocycles. The molecule has 0 unspecified atom stereocenters. The second-order valence-corrected chi connectivity index (χ2v) is 3.42. The van der Waals surface area contributed by atoms with E-state index in [2.05, 4.69) is 4.98 Å². The van der Waals surface area contributed by atoms with Gasteiger partial charge >= 0.3 is 0 Å². The summed E-state index contributed by atoms with van der Waals surface area (Å²) in [5, 5.41) is 0. The van der Waals surface area contributed by atoms with E-state index in [9.17, 15) is 0 Å². The average molecular weight is 215 g/mol. The molecule has 0 radical (unpaired) electrons. The molecular weight excluding hydrogens is 202 g/mol. The minimum absolute atomic E-state index is 0.486. The third kappa shape index (κ3) is 1.77. The first kappa shape index (κ1) is 10.3. The van der Waals surface area contributed by atoms with Gasteiger partial charge in [-0.25, -0.2) is 0 Å². The number of ether oxygens (including phenoxy) is 1. The number of pyridine rings is 1.